The van der Waals surface area contributed by atoms with E-state index in [4.69, 9.17) is 11.5 Å². The van der Waals surface area contributed by atoms with Crippen LogP contribution in [-0.4, -0.2) is 136 Å². The molecule has 1 aromatic rings. The van der Waals surface area contributed by atoms with Crippen LogP contribution in [0.4, 0.5) is 0 Å². The number of aromatic hydroxyl groups is 1. The number of aliphatic hydroxyl groups excluding tert-OH is 1. The van der Waals surface area contributed by atoms with Crippen molar-refractivity contribution < 1.29 is 48.9 Å². The van der Waals surface area contributed by atoms with Crippen molar-refractivity contribution in [1.29, 1.82) is 0 Å². The molecule has 258 valence electrons. The lowest BCUT2D eigenvalue weighted by molar-refractivity contribution is -0.147. The monoisotopic (exact) mass is 662 g/mol. The zero-order valence-corrected chi connectivity index (χ0v) is 25.9. The molecule has 1 aromatic carbocycles. The number of carboxylic acid groups (broad SMARTS) is 1. The van der Waals surface area contributed by atoms with Crippen molar-refractivity contribution in [3.8, 4) is 5.75 Å². The Labute approximate surface area is 270 Å². The number of carbonyl (C=O) groups is 7. The summed E-state index contributed by atoms with van der Waals surface area (Å²) in [6.07, 6.45) is -0.513. The lowest BCUT2D eigenvalue weighted by Gasteiger charge is -2.31. The molecule has 0 unspecified atom stereocenters. The van der Waals surface area contributed by atoms with Gasteiger partial charge in [0.1, 0.15) is 36.0 Å². The van der Waals surface area contributed by atoms with Crippen LogP contribution in [0.25, 0.3) is 0 Å². The quantitative estimate of drug-likeness (QED) is 0.0911. The number of benzene rings is 1. The van der Waals surface area contributed by atoms with Crippen LogP contribution in [-0.2, 0) is 40.0 Å². The second-order valence-corrected chi connectivity index (χ2v) is 11.4. The van der Waals surface area contributed by atoms with E-state index in [9.17, 15) is 48.9 Å². The van der Waals surface area contributed by atoms with E-state index in [1.54, 1.807) is 0 Å². The summed E-state index contributed by atoms with van der Waals surface area (Å²) in [5.74, 6) is -5.36. The first-order valence-corrected chi connectivity index (χ1v) is 15.1. The number of rotatable bonds is 14. The van der Waals surface area contributed by atoms with Crippen molar-refractivity contribution in [2.45, 2.75) is 68.9 Å². The van der Waals surface area contributed by atoms with Gasteiger partial charge in [0, 0.05) is 32.5 Å². The molecule has 18 heteroatoms. The fourth-order valence-corrected chi connectivity index (χ4v) is 5.44. The number of hydrogen-bond acceptors (Lipinski definition) is 11. The third kappa shape index (κ3) is 9.84. The van der Waals surface area contributed by atoms with Gasteiger partial charge in [-0.2, -0.15) is 0 Å². The highest BCUT2D eigenvalue weighted by molar-refractivity contribution is 5.96. The highest BCUT2D eigenvalue weighted by Crippen LogP contribution is 2.25. The number of carbonyl (C=O) groups excluding carboxylic acids is 6. The van der Waals surface area contributed by atoms with E-state index < -0.39 is 84.3 Å². The molecule has 0 saturated carbocycles. The Morgan fingerprint density at radius 1 is 0.936 bits per heavy atom. The van der Waals surface area contributed by atoms with Crippen LogP contribution >= 0.6 is 0 Å². The number of β-amino-alcohol motifs (C(OH)–C–C–N with tert-alkyl or cyclic N) is 1. The minimum Gasteiger partial charge on any atom is -0.508 e. The van der Waals surface area contributed by atoms with Crippen LogP contribution in [0.3, 0.4) is 0 Å². The van der Waals surface area contributed by atoms with E-state index in [-0.39, 0.29) is 51.2 Å². The fourth-order valence-electron chi connectivity index (χ4n) is 5.44. The summed E-state index contributed by atoms with van der Waals surface area (Å²) in [4.78, 5) is 90.7. The zero-order valence-electron chi connectivity index (χ0n) is 25.9. The second kappa shape index (κ2) is 16.7. The van der Waals surface area contributed by atoms with Gasteiger partial charge in [-0.3, -0.25) is 28.8 Å². The third-order valence-electron chi connectivity index (χ3n) is 7.95. The SMILES string of the molecule is C[C@H](NC(=O)[C@H](CN)NC(=O)CN)C(=O)NCC(=O)N1C[C@H](O)C[C@H]1C(=O)N1CCC[C@H]1C(=O)N[C@@H](Cc1ccc(O)cc1)C(=O)O. The predicted molar refractivity (Wildman–Crippen MR) is 163 cm³/mol. The van der Waals surface area contributed by atoms with Crippen LogP contribution in [0.15, 0.2) is 24.3 Å². The van der Waals surface area contributed by atoms with Gasteiger partial charge in [-0.05, 0) is 37.5 Å². The van der Waals surface area contributed by atoms with Crippen molar-refractivity contribution in [3.63, 3.8) is 0 Å². The fraction of sp³-hybridized carbons (Fsp3) is 0.552. The molecule has 0 bridgehead atoms. The van der Waals surface area contributed by atoms with Crippen molar-refractivity contribution in [3.05, 3.63) is 29.8 Å². The summed E-state index contributed by atoms with van der Waals surface area (Å²) in [7, 11) is 0. The number of nitrogens with two attached hydrogens (primary N) is 2. The topological polar surface area (TPSA) is 287 Å². The van der Waals surface area contributed by atoms with Gasteiger partial charge >= 0.3 is 5.97 Å². The molecule has 6 amide bonds. The van der Waals surface area contributed by atoms with E-state index in [2.05, 4.69) is 21.3 Å². The van der Waals surface area contributed by atoms with Crippen molar-refractivity contribution in [2.75, 3.05) is 32.7 Å². The van der Waals surface area contributed by atoms with Gasteiger partial charge in [0.15, 0.2) is 0 Å². The largest absolute Gasteiger partial charge is 0.508 e. The summed E-state index contributed by atoms with van der Waals surface area (Å²) >= 11 is 0. The van der Waals surface area contributed by atoms with Gasteiger partial charge in [0.25, 0.3) is 0 Å². The van der Waals surface area contributed by atoms with Gasteiger partial charge < -0.3 is 57.9 Å². The Morgan fingerprint density at radius 3 is 2.23 bits per heavy atom. The molecule has 0 spiro atoms. The average Bonchev–Trinajstić information content (AvgIpc) is 3.69. The number of nitrogens with one attached hydrogen (secondary N) is 4. The third-order valence-corrected chi connectivity index (χ3v) is 7.95. The van der Waals surface area contributed by atoms with Crippen molar-refractivity contribution in [1.82, 2.24) is 31.1 Å². The summed E-state index contributed by atoms with van der Waals surface area (Å²) in [5.41, 5.74) is 11.3. The van der Waals surface area contributed by atoms with Gasteiger partial charge in [-0.25, -0.2) is 4.79 Å². The molecule has 0 aromatic heterocycles. The Kier molecular flexibility index (Phi) is 13.0. The number of phenols is 1. The second-order valence-electron chi connectivity index (χ2n) is 11.4. The number of amides is 6. The number of aliphatic carboxylic acids is 1. The van der Waals surface area contributed by atoms with E-state index in [0.717, 1.165) is 4.90 Å². The molecular weight excluding hydrogens is 620 g/mol. The van der Waals surface area contributed by atoms with Crippen LogP contribution in [0.1, 0.15) is 31.7 Å². The van der Waals surface area contributed by atoms with Gasteiger partial charge in [-0.15, -0.1) is 0 Å². The van der Waals surface area contributed by atoms with Crippen LogP contribution in [0, 0.1) is 0 Å². The number of phenolic OH excluding ortho intramolecular Hbond substituents is 1. The zero-order chi connectivity index (χ0) is 34.8. The molecule has 2 fully saturated rings. The molecule has 3 rings (SSSR count). The number of nitrogens with zero attached hydrogens (tertiary/aromatic N) is 2. The molecular formula is C29H42N8O10. The lowest BCUT2D eigenvalue weighted by Crippen LogP contribution is -2.57. The molecule has 6 atom stereocenters. The van der Waals surface area contributed by atoms with E-state index in [0.29, 0.717) is 12.0 Å². The van der Waals surface area contributed by atoms with Gasteiger partial charge in [0.2, 0.25) is 35.4 Å². The maximum Gasteiger partial charge on any atom is 0.326 e. The highest BCUT2D eigenvalue weighted by atomic mass is 16.4. The Morgan fingerprint density at radius 2 is 1.62 bits per heavy atom. The predicted octanol–water partition coefficient (Wildman–Crippen LogP) is -4.52. The number of carboxylic acids is 1. The molecule has 2 saturated heterocycles. The van der Waals surface area contributed by atoms with Gasteiger partial charge in [0.05, 0.1) is 19.2 Å². The van der Waals surface area contributed by atoms with Crippen LogP contribution < -0.4 is 32.7 Å². The van der Waals surface area contributed by atoms with Crippen LogP contribution in [0.2, 0.25) is 0 Å². The molecule has 2 aliphatic heterocycles. The molecule has 11 N–H and O–H groups in total. The van der Waals surface area contributed by atoms with Crippen LogP contribution in [0.5, 0.6) is 5.75 Å². The summed E-state index contributed by atoms with van der Waals surface area (Å²) in [5, 5.41) is 39.1. The summed E-state index contributed by atoms with van der Waals surface area (Å²) in [6.45, 7) is 0.132. The highest BCUT2D eigenvalue weighted by Gasteiger charge is 2.45. The molecule has 18 nitrogen and oxygen atoms in total. The Hall–Kier alpha value is -4.81. The van der Waals surface area contributed by atoms with E-state index in [1.807, 2.05) is 0 Å². The smallest absolute Gasteiger partial charge is 0.326 e. The van der Waals surface area contributed by atoms with E-state index in [1.165, 1.54) is 36.1 Å². The summed E-state index contributed by atoms with van der Waals surface area (Å²) < 4.78 is 0. The number of likely N-dealkylation sites (tertiary alicyclic amines) is 2. The lowest BCUT2D eigenvalue weighted by atomic mass is 10.0. The average molecular weight is 663 g/mol. The molecule has 0 radical (unpaired) electrons. The minimum absolute atomic E-state index is 0.00270. The molecule has 2 aliphatic rings. The number of aliphatic hydroxyl groups is 1. The first-order chi connectivity index (χ1) is 22.2. The first kappa shape index (κ1) is 36.7. The van der Waals surface area contributed by atoms with Crippen molar-refractivity contribution >= 4 is 41.4 Å². The Bertz CT molecular complexity index is 1340. The number of hydrogen-bond donors (Lipinski definition) is 9. The van der Waals surface area contributed by atoms with E-state index >= 15 is 0 Å². The first-order valence-electron chi connectivity index (χ1n) is 15.1. The maximum absolute atomic E-state index is 13.6. The molecule has 2 heterocycles. The standard InChI is InChI=1S/C29H42N8O10/c1-15(33-26(43)20(11-30)34-23(40)12-31)25(42)32-13-24(41)37-14-18(39)10-22(37)28(45)36-8-2-3-21(36)27(44)35-19(29(46)47)9-16-4-6-17(38)7-5-16/h4-7,15,18-22,38-39H,2-3,8-14,30-31H2,1H3,(H,32,42)(H,33,43)(H,34,40)(H,35,44)(H,46,47)/t15-,18+,19-,20-,21-,22-/m0/s1. The van der Waals surface area contributed by atoms with Crippen molar-refractivity contribution in [2.24, 2.45) is 11.5 Å². The summed E-state index contributed by atoms with van der Waals surface area (Å²) in [6, 6.07) is 0.136. The Balaban J connectivity index is 1.59. The maximum atomic E-state index is 13.6. The van der Waals surface area contributed by atoms with Gasteiger partial charge in [-0.1, -0.05) is 12.1 Å². The normalized spacial score (nSPS) is 20.9. The minimum atomic E-state index is -1.31. The molecule has 0 aliphatic carbocycles. The molecule has 47 heavy (non-hydrogen) atoms.